The minimum absolute atomic E-state index is 0.202. The second kappa shape index (κ2) is 3.70. The molecule has 15 heavy (non-hydrogen) atoms. The zero-order chi connectivity index (χ0) is 10.8. The van der Waals surface area contributed by atoms with Crippen molar-refractivity contribution in [3.05, 3.63) is 6.33 Å². The number of carbonyl (C=O) groups excluding carboxylic acids is 1. The number of hydrazine groups is 1. The highest BCUT2D eigenvalue weighted by Crippen LogP contribution is 2.33. The lowest BCUT2D eigenvalue weighted by Crippen LogP contribution is -2.37. The third-order valence-electron chi connectivity index (χ3n) is 2.11. The van der Waals surface area contributed by atoms with Gasteiger partial charge in [0.15, 0.2) is 17.7 Å². The molecule has 7 nitrogen and oxygen atoms in total. The van der Waals surface area contributed by atoms with Crippen LogP contribution in [0.1, 0.15) is 13.3 Å². The minimum atomic E-state index is -0.518. The number of amides is 1. The summed E-state index contributed by atoms with van der Waals surface area (Å²) < 4.78 is 5.44. The van der Waals surface area contributed by atoms with Crippen LogP contribution in [0.5, 0.6) is 5.75 Å². The molecule has 4 N–H and O–H groups in total. The van der Waals surface area contributed by atoms with Gasteiger partial charge in [-0.1, -0.05) is 6.92 Å². The second-order valence-corrected chi connectivity index (χ2v) is 3.05. The van der Waals surface area contributed by atoms with Crippen LogP contribution in [0.15, 0.2) is 6.33 Å². The predicted octanol–water partition coefficient (Wildman–Crippen LogP) is -0.128. The number of carbonyl (C=O) groups is 1. The summed E-state index contributed by atoms with van der Waals surface area (Å²) in [5, 5.41) is 2.62. The van der Waals surface area contributed by atoms with E-state index in [0.29, 0.717) is 23.8 Å². The van der Waals surface area contributed by atoms with E-state index in [1.165, 1.54) is 6.33 Å². The van der Waals surface area contributed by atoms with Crippen LogP contribution in [0.3, 0.4) is 0 Å². The fraction of sp³-hybridized carbons (Fsp3) is 0.375. The first-order valence-electron chi connectivity index (χ1n) is 4.55. The van der Waals surface area contributed by atoms with E-state index in [1.807, 2.05) is 6.92 Å². The number of fused-ring (bicyclic) bond motifs is 1. The van der Waals surface area contributed by atoms with Gasteiger partial charge < -0.3 is 15.5 Å². The van der Waals surface area contributed by atoms with Crippen LogP contribution in [0, 0.1) is 0 Å². The molecule has 1 aromatic rings. The smallest absolute Gasteiger partial charge is 0.266 e. The van der Waals surface area contributed by atoms with Crippen molar-refractivity contribution < 1.29 is 9.53 Å². The molecule has 1 aliphatic heterocycles. The van der Waals surface area contributed by atoms with E-state index in [2.05, 4.69) is 20.7 Å². The standard InChI is InChI=1S/C8H11N5O2/c1-2-4-8(14)12-6-5(15-4)7(13-9)11-3-10-6/h3-4H,2,9H2,1H3,(H2,10,11,12,13,14). The van der Waals surface area contributed by atoms with E-state index in [0.717, 1.165) is 0 Å². The lowest BCUT2D eigenvalue weighted by molar-refractivity contribution is -0.123. The lowest BCUT2D eigenvalue weighted by atomic mass is 10.2. The van der Waals surface area contributed by atoms with E-state index in [9.17, 15) is 4.79 Å². The highest BCUT2D eigenvalue weighted by atomic mass is 16.5. The molecule has 1 atom stereocenters. The average Bonchev–Trinajstić information content (AvgIpc) is 2.27. The number of nitrogens with two attached hydrogens (primary N) is 1. The number of aromatic nitrogens is 2. The SMILES string of the molecule is CCC1Oc2c(NN)ncnc2NC1=O. The number of ether oxygens (including phenoxy) is 1. The van der Waals surface area contributed by atoms with Crippen LogP contribution in [-0.4, -0.2) is 22.0 Å². The highest BCUT2D eigenvalue weighted by molar-refractivity contribution is 5.97. The Morgan fingerprint density at radius 3 is 3.13 bits per heavy atom. The Morgan fingerprint density at radius 2 is 2.47 bits per heavy atom. The molecule has 1 aliphatic rings. The Labute approximate surface area is 86.0 Å². The summed E-state index contributed by atoms with van der Waals surface area (Å²) in [6.07, 6.45) is 1.35. The molecule has 0 fully saturated rings. The number of nitrogens with one attached hydrogen (secondary N) is 2. The number of nitrogens with zero attached hydrogens (tertiary/aromatic N) is 2. The molecule has 80 valence electrons. The molecule has 0 aliphatic carbocycles. The first-order valence-corrected chi connectivity index (χ1v) is 4.55. The van der Waals surface area contributed by atoms with Crippen LogP contribution in [0.2, 0.25) is 0 Å². The number of nitrogen functional groups attached to an aromatic ring is 1. The Hall–Kier alpha value is -1.89. The van der Waals surface area contributed by atoms with E-state index in [4.69, 9.17) is 10.6 Å². The van der Waals surface area contributed by atoms with Crippen LogP contribution in [0.4, 0.5) is 11.6 Å². The van der Waals surface area contributed by atoms with Gasteiger partial charge in [-0.2, -0.15) is 0 Å². The van der Waals surface area contributed by atoms with Gasteiger partial charge in [0.2, 0.25) is 5.75 Å². The quantitative estimate of drug-likeness (QED) is 0.463. The monoisotopic (exact) mass is 209 g/mol. The first kappa shape index (κ1) is 9.66. The van der Waals surface area contributed by atoms with Crippen LogP contribution >= 0.6 is 0 Å². The topological polar surface area (TPSA) is 102 Å². The number of hydrogen-bond donors (Lipinski definition) is 3. The lowest BCUT2D eigenvalue weighted by Gasteiger charge is -2.24. The molecule has 0 saturated carbocycles. The molecule has 0 aromatic carbocycles. The second-order valence-electron chi connectivity index (χ2n) is 3.05. The zero-order valence-corrected chi connectivity index (χ0v) is 8.15. The normalized spacial score (nSPS) is 18.8. The molecule has 2 rings (SSSR count). The van der Waals surface area contributed by atoms with E-state index < -0.39 is 6.10 Å². The van der Waals surface area contributed by atoms with Gasteiger partial charge in [-0.25, -0.2) is 15.8 Å². The van der Waals surface area contributed by atoms with Gasteiger partial charge in [0.05, 0.1) is 0 Å². The molecular formula is C8H11N5O2. The number of hydrogen-bond acceptors (Lipinski definition) is 6. The summed E-state index contributed by atoms with van der Waals surface area (Å²) in [4.78, 5) is 19.2. The summed E-state index contributed by atoms with van der Waals surface area (Å²) in [5.41, 5.74) is 2.39. The summed E-state index contributed by atoms with van der Waals surface area (Å²) in [5.74, 6) is 6.14. The van der Waals surface area contributed by atoms with Crippen molar-refractivity contribution in [1.29, 1.82) is 0 Å². The Morgan fingerprint density at radius 1 is 1.67 bits per heavy atom. The average molecular weight is 209 g/mol. The van der Waals surface area contributed by atoms with Crippen molar-refractivity contribution in [2.24, 2.45) is 5.84 Å². The molecule has 1 aromatic heterocycles. The number of rotatable bonds is 2. The van der Waals surface area contributed by atoms with E-state index >= 15 is 0 Å². The van der Waals surface area contributed by atoms with Crippen molar-refractivity contribution >= 4 is 17.5 Å². The molecule has 0 saturated heterocycles. The molecule has 0 radical (unpaired) electrons. The van der Waals surface area contributed by atoms with Gasteiger partial charge in [0, 0.05) is 0 Å². The molecule has 0 spiro atoms. The zero-order valence-electron chi connectivity index (χ0n) is 8.15. The van der Waals surface area contributed by atoms with E-state index in [1.54, 1.807) is 0 Å². The van der Waals surface area contributed by atoms with Crippen molar-refractivity contribution in [2.45, 2.75) is 19.4 Å². The number of anilines is 2. The van der Waals surface area contributed by atoms with Crippen LogP contribution in [0.25, 0.3) is 0 Å². The molecule has 0 bridgehead atoms. The third-order valence-corrected chi connectivity index (χ3v) is 2.11. The van der Waals surface area contributed by atoms with Gasteiger partial charge in [-0.05, 0) is 6.42 Å². The predicted molar refractivity (Wildman–Crippen MR) is 53.2 cm³/mol. The van der Waals surface area contributed by atoms with Crippen LogP contribution in [-0.2, 0) is 4.79 Å². The Bertz CT molecular complexity index is 395. The molecule has 7 heteroatoms. The largest absolute Gasteiger partial charge is 0.473 e. The maximum atomic E-state index is 11.4. The van der Waals surface area contributed by atoms with Crippen LogP contribution < -0.4 is 21.3 Å². The van der Waals surface area contributed by atoms with Crippen molar-refractivity contribution in [2.75, 3.05) is 10.7 Å². The summed E-state index contributed by atoms with van der Waals surface area (Å²) in [6, 6.07) is 0. The highest BCUT2D eigenvalue weighted by Gasteiger charge is 2.29. The Balaban J connectivity index is 2.40. The molecule has 1 amide bonds. The fourth-order valence-corrected chi connectivity index (χ4v) is 1.34. The van der Waals surface area contributed by atoms with Gasteiger partial charge in [0.25, 0.3) is 5.91 Å². The van der Waals surface area contributed by atoms with Gasteiger partial charge >= 0.3 is 0 Å². The minimum Gasteiger partial charge on any atom is -0.473 e. The van der Waals surface area contributed by atoms with Gasteiger partial charge in [0.1, 0.15) is 6.33 Å². The fourth-order valence-electron chi connectivity index (χ4n) is 1.34. The van der Waals surface area contributed by atoms with Crippen molar-refractivity contribution in [3.63, 3.8) is 0 Å². The summed E-state index contributed by atoms with van der Waals surface area (Å²) in [6.45, 7) is 1.86. The maximum absolute atomic E-state index is 11.4. The molecule has 2 heterocycles. The molecular weight excluding hydrogens is 198 g/mol. The Kier molecular flexibility index (Phi) is 2.38. The first-order chi connectivity index (χ1) is 7.26. The van der Waals surface area contributed by atoms with Crippen molar-refractivity contribution in [1.82, 2.24) is 9.97 Å². The van der Waals surface area contributed by atoms with E-state index in [-0.39, 0.29) is 5.91 Å². The van der Waals surface area contributed by atoms with Gasteiger partial charge in [-0.3, -0.25) is 4.79 Å². The summed E-state index contributed by atoms with van der Waals surface area (Å²) in [7, 11) is 0. The van der Waals surface area contributed by atoms with Gasteiger partial charge in [-0.15, -0.1) is 0 Å². The van der Waals surface area contributed by atoms with Crippen molar-refractivity contribution in [3.8, 4) is 5.75 Å². The third kappa shape index (κ3) is 1.57. The maximum Gasteiger partial charge on any atom is 0.266 e. The molecule has 1 unspecified atom stereocenters. The summed E-state index contributed by atoms with van der Waals surface area (Å²) >= 11 is 0.